The lowest BCUT2D eigenvalue weighted by Crippen LogP contribution is -2.13. The zero-order chi connectivity index (χ0) is 13.7. The smallest absolute Gasteiger partial charge is 0.123 e. The Morgan fingerprint density at radius 1 is 1.21 bits per heavy atom. The minimum Gasteiger partial charge on any atom is -0.497 e. The number of aromatic nitrogens is 1. The molecule has 0 saturated carbocycles. The van der Waals surface area contributed by atoms with E-state index < -0.39 is 0 Å². The number of hydrogen-bond donors (Lipinski definition) is 1. The number of nitrogens with zero attached hydrogens (tertiary/aromatic N) is 1. The molecule has 1 N–H and O–H groups in total. The number of aryl methyl sites for hydroxylation is 1. The summed E-state index contributed by atoms with van der Waals surface area (Å²) in [6.07, 6.45) is 0. The van der Waals surface area contributed by atoms with Crippen LogP contribution in [0.25, 0.3) is 0 Å². The van der Waals surface area contributed by atoms with Crippen LogP contribution in [0.1, 0.15) is 16.1 Å². The minimum atomic E-state index is 0.734. The predicted molar refractivity (Wildman–Crippen MR) is 76.9 cm³/mol. The van der Waals surface area contributed by atoms with Gasteiger partial charge in [-0.05, 0) is 25.1 Å². The lowest BCUT2D eigenvalue weighted by molar-refractivity contribution is 0.397. The first-order chi connectivity index (χ1) is 9.24. The van der Waals surface area contributed by atoms with E-state index in [1.807, 2.05) is 30.6 Å². The Morgan fingerprint density at radius 2 is 2.05 bits per heavy atom. The Morgan fingerprint density at radius 3 is 2.68 bits per heavy atom. The number of methoxy groups -OCH3 is 2. The van der Waals surface area contributed by atoms with Crippen LogP contribution in [0.15, 0.2) is 23.7 Å². The molecule has 0 unspecified atom stereocenters. The molecular weight excluding hydrogens is 260 g/mol. The lowest BCUT2D eigenvalue weighted by atomic mass is 10.2. The fraction of sp³-hybridized carbons (Fsp3) is 0.357. The molecule has 2 rings (SSSR count). The third-order valence-corrected chi connectivity index (χ3v) is 3.87. The summed E-state index contributed by atoms with van der Waals surface area (Å²) in [4.78, 5) is 5.50. The van der Waals surface area contributed by atoms with Gasteiger partial charge < -0.3 is 14.8 Å². The highest BCUT2D eigenvalue weighted by Crippen LogP contribution is 2.24. The maximum absolute atomic E-state index is 5.35. The molecule has 0 bridgehead atoms. The molecule has 0 fully saturated rings. The van der Waals surface area contributed by atoms with E-state index >= 15 is 0 Å². The molecule has 1 aromatic carbocycles. The van der Waals surface area contributed by atoms with Gasteiger partial charge in [0.25, 0.3) is 0 Å². The molecule has 19 heavy (non-hydrogen) atoms. The summed E-state index contributed by atoms with van der Waals surface area (Å²) < 4.78 is 10.6. The van der Waals surface area contributed by atoms with Crippen molar-refractivity contribution in [1.29, 1.82) is 0 Å². The molecule has 1 aromatic heterocycles. The molecule has 5 heteroatoms. The van der Waals surface area contributed by atoms with Crippen molar-refractivity contribution in [2.24, 2.45) is 0 Å². The van der Waals surface area contributed by atoms with Crippen LogP contribution in [0.3, 0.4) is 0 Å². The van der Waals surface area contributed by atoms with Crippen LogP contribution in [0.5, 0.6) is 11.5 Å². The average molecular weight is 278 g/mol. The van der Waals surface area contributed by atoms with Crippen molar-refractivity contribution in [3.05, 3.63) is 39.8 Å². The third-order valence-electron chi connectivity index (χ3n) is 2.93. The van der Waals surface area contributed by atoms with Crippen LogP contribution in [0, 0.1) is 6.92 Å². The van der Waals surface area contributed by atoms with Crippen LogP contribution in [-0.2, 0) is 13.1 Å². The SMILES string of the molecule is COc1ccc(OC)c(CNCc2scnc2C)c1. The summed E-state index contributed by atoms with van der Waals surface area (Å²) in [5, 5.41) is 3.41. The van der Waals surface area contributed by atoms with Gasteiger partial charge in [0.05, 0.1) is 25.4 Å². The normalized spacial score (nSPS) is 10.5. The van der Waals surface area contributed by atoms with Gasteiger partial charge in [0, 0.05) is 23.5 Å². The zero-order valence-corrected chi connectivity index (χ0v) is 12.2. The van der Waals surface area contributed by atoms with Crippen LogP contribution in [-0.4, -0.2) is 19.2 Å². The lowest BCUT2D eigenvalue weighted by Gasteiger charge is -2.11. The summed E-state index contributed by atoms with van der Waals surface area (Å²) >= 11 is 1.67. The first kappa shape index (κ1) is 13.8. The van der Waals surface area contributed by atoms with Crippen LogP contribution < -0.4 is 14.8 Å². The Bertz CT molecular complexity index is 540. The molecule has 0 spiro atoms. The molecule has 0 aliphatic heterocycles. The van der Waals surface area contributed by atoms with Gasteiger partial charge in [-0.1, -0.05) is 0 Å². The molecule has 0 aliphatic rings. The largest absolute Gasteiger partial charge is 0.497 e. The third kappa shape index (κ3) is 3.45. The second-order valence-corrected chi connectivity index (χ2v) is 5.08. The standard InChI is InChI=1S/C14H18N2O2S/c1-10-14(19-9-16-10)8-15-7-11-6-12(17-2)4-5-13(11)18-3/h4-6,9,15H,7-8H2,1-3H3. The zero-order valence-electron chi connectivity index (χ0n) is 11.4. The highest BCUT2D eigenvalue weighted by atomic mass is 32.1. The van der Waals surface area contributed by atoms with Gasteiger partial charge in [0.1, 0.15) is 11.5 Å². The quantitative estimate of drug-likeness (QED) is 0.882. The van der Waals surface area contributed by atoms with E-state index in [1.165, 1.54) is 4.88 Å². The molecular formula is C14H18N2O2S. The molecule has 0 aliphatic carbocycles. The molecule has 2 aromatic rings. The summed E-state index contributed by atoms with van der Waals surface area (Å²) in [7, 11) is 3.35. The number of benzene rings is 1. The molecule has 1 heterocycles. The summed E-state index contributed by atoms with van der Waals surface area (Å²) in [6, 6.07) is 5.81. The Kier molecular flexibility index (Phi) is 4.76. The highest BCUT2D eigenvalue weighted by Gasteiger charge is 2.06. The van der Waals surface area contributed by atoms with E-state index in [4.69, 9.17) is 9.47 Å². The van der Waals surface area contributed by atoms with Crippen molar-refractivity contribution in [2.45, 2.75) is 20.0 Å². The average Bonchev–Trinajstić information content (AvgIpc) is 2.84. The van der Waals surface area contributed by atoms with Crippen molar-refractivity contribution >= 4 is 11.3 Å². The molecule has 4 nitrogen and oxygen atoms in total. The molecule has 0 amide bonds. The number of rotatable bonds is 6. The van der Waals surface area contributed by atoms with Crippen molar-refractivity contribution in [1.82, 2.24) is 10.3 Å². The van der Waals surface area contributed by atoms with Crippen molar-refractivity contribution < 1.29 is 9.47 Å². The Labute approximate surface area is 117 Å². The predicted octanol–water partition coefficient (Wildman–Crippen LogP) is 2.76. The first-order valence-corrected chi connectivity index (χ1v) is 6.93. The van der Waals surface area contributed by atoms with Crippen LogP contribution >= 0.6 is 11.3 Å². The number of hydrogen-bond acceptors (Lipinski definition) is 5. The van der Waals surface area contributed by atoms with Gasteiger partial charge in [-0.15, -0.1) is 11.3 Å². The number of thiazole rings is 1. The fourth-order valence-corrected chi connectivity index (χ4v) is 2.57. The fourth-order valence-electron chi connectivity index (χ4n) is 1.83. The Hall–Kier alpha value is -1.59. The van der Waals surface area contributed by atoms with Gasteiger partial charge in [-0.2, -0.15) is 0 Å². The summed E-state index contributed by atoms with van der Waals surface area (Å²) in [6.45, 7) is 3.58. The second kappa shape index (κ2) is 6.54. The molecule has 0 saturated heterocycles. The summed E-state index contributed by atoms with van der Waals surface area (Å²) in [5.41, 5.74) is 4.05. The second-order valence-electron chi connectivity index (χ2n) is 4.14. The van der Waals surface area contributed by atoms with Crippen LogP contribution in [0.2, 0.25) is 0 Å². The van der Waals surface area contributed by atoms with Crippen molar-refractivity contribution in [2.75, 3.05) is 14.2 Å². The summed E-state index contributed by atoms with van der Waals surface area (Å²) in [5.74, 6) is 1.71. The molecule has 102 valence electrons. The van der Waals surface area contributed by atoms with E-state index in [9.17, 15) is 0 Å². The van der Waals surface area contributed by atoms with Crippen molar-refractivity contribution in [3.63, 3.8) is 0 Å². The van der Waals surface area contributed by atoms with Gasteiger partial charge in [0.2, 0.25) is 0 Å². The van der Waals surface area contributed by atoms with E-state index in [2.05, 4.69) is 10.3 Å². The molecule has 0 atom stereocenters. The van der Waals surface area contributed by atoms with Crippen LogP contribution in [0.4, 0.5) is 0 Å². The first-order valence-electron chi connectivity index (χ1n) is 6.05. The number of nitrogens with one attached hydrogen (secondary N) is 1. The van der Waals surface area contributed by atoms with Crippen molar-refractivity contribution in [3.8, 4) is 11.5 Å². The highest BCUT2D eigenvalue weighted by molar-refractivity contribution is 7.09. The van der Waals surface area contributed by atoms with E-state index in [1.54, 1.807) is 25.6 Å². The van der Waals surface area contributed by atoms with Gasteiger partial charge in [-0.25, -0.2) is 4.98 Å². The van der Waals surface area contributed by atoms with E-state index in [0.29, 0.717) is 0 Å². The Balaban J connectivity index is 2.00. The van der Waals surface area contributed by atoms with Gasteiger partial charge in [0.15, 0.2) is 0 Å². The van der Waals surface area contributed by atoms with Gasteiger partial charge in [-0.3, -0.25) is 0 Å². The monoisotopic (exact) mass is 278 g/mol. The van der Waals surface area contributed by atoms with E-state index in [0.717, 1.165) is 35.8 Å². The maximum Gasteiger partial charge on any atom is 0.123 e. The maximum atomic E-state index is 5.35. The van der Waals surface area contributed by atoms with E-state index in [-0.39, 0.29) is 0 Å². The topological polar surface area (TPSA) is 43.4 Å². The van der Waals surface area contributed by atoms with Gasteiger partial charge >= 0.3 is 0 Å². The molecule has 0 radical (unpaired) electrons. The minimum absolute atomic E-state index is 0.734. The number of ether oxygens (including phenoxy) is 2.